The molecule has 0 saturated carbocycles. The zero-order chi connectivity index (χ0) is 10.2. The number of thioether (sulfide) groups is 1. The molecular weight excluding hydrogens is 192 g/mol. The van der Waals surface area contributed by atoms with Crippen LogP contribution in [0.25, 0.3) is 0 Å². The van der Waals surface area contributed by atoms with Gasteiger partial charge in [-0.3, -0.25) is 4.90 Å². The molecule has 0 bridgehead atoms. The molecule has 0 aromatic carbocycles. The highest BCUT2D eigenvalue weighted by molar-refractivity contribution is 7.99. The van der Waals surface area contributed by atoms with E-state index in [0.717, 1.165) is 11.3 Å². The maximum atomic E-state index is 3.53. The van der Waals surface area contributed by atoms with Crippen molar-refractivity contribution in [2.24, 2.45) is 0 Å². The molecule has 2 rings (SSSR count). The fraction of sp³-hybridized carbons (Fsp3) is 1.00. The summed E-state index contributed by atoms with van der Waals surface area (Å²) >= 11 is 2.02. The summed E-state index contributed by atoms with van der Waals surface area (Å²) < 4.78 is 0. The van der Waals surface area contributed by atoms with E-state index in [2.05, 4.69) is 30.3 Å². The van der Waals surface area contributed by atoms with Crippen molar-refractivity contribution < 1.29 is 0 Å². The molecule has 0 amide bonds. The predicted molar refractivity (Wildman–Crippen MR) is 64.0 cm³/mol. The summed E-state index contributed by atoms with van der Waals surface area (Å²) in [5.74, 6) is 0. The molecule has 14 heavy (non-hydrogen) atoms. The highest BCUT2D eigenvalue weighted by Gasteiger charge is 2.41. The second-order valence-corrected chi connectivity index (χ2v) is 6.19. The fourth-order valence-corrected chi connectivity index (χ4v) is 3.78. The van der Waals surface area contributed by atoms with Crippen molar-refractivity contribution in [1.29, 1.82) is 0 Å². The second kappa shape index (κ2) is 4.03. The average molecular weight is 214 g/mol. The third kappa shape index (κ3) is 1.82. The molecule has 0 aliphatic carbocycles. The van der Waals surface area contributed by atoms with Crippen molar-refractivity contribution in [2.75, 3.05) is 25.9 Å². The first-order chi connectivity index (χ1) is 6.65. The van der Waals surface area contributed by atoms with Gasteiger partial charge in [0.1, 0.15) is 0 Å². The van der Waals surface area contributed by atoms with E-state index in [1.54, 1.807) is 0 Å². The van der Waals surface area contributed by atoms with Gasteiger partial charge in [-0.1, -0.05) is 0 Å². The number of nitrogens with one attached hydrogen (secondary N) is 1. The summed E-state index contributed by atoms with van der Waals surface area (Å²) in [6.07, 6.45) is 4.99. The molecule has 3 heteroatoms. The highest BCUT2D eigenvalue weighted by Crippen LogP contribution is 2.34. The lowest BCUT2D eigenvalue weighted by molar-refractivity contribution is 0.128. The largest absolute Gasteiger partial charge is 0.314 e. The molecule has 0 spiro atoms. The smallest absolute Gasteiger partial charge is 0.0356 e. The van der Waals surface area contributed by atoms with Gasteiger partial charge in [0.15, 0.2) is 0 Å². The zero-order valence-electron chi connectivity index (χ0n) is 9.55. The van der Waals surface area contributed by atoms with Crippen LogP contribution in [-0.4, -0.2) is 47.6 Å². The first-order valence-electron chi connectivity index (χ1n) is 5.65. The van der Waals surface area contributed by atoms with Crippen LogP contribution in [0.5, 0.6) is 0 Å². The van der Waals surface area contributed by atoms with Gasteiger partial charge in [0.25, 0.3) is 0 Å². The van der Waals surface area contributed by atoms with Crippen LogP contribution in [0.1, 0.15) is 26.7 Å². The summed E-state index contributed by atoms with van der Waals surface area (Å²) in [7, 11) is 0. The van der Waals surface area contributed by atoms with E-state index in [4.69, 9.17) is 0 Å². The molecule has 0 aromatic heterocycles. The molecule has 2 fully saturated rings. The Morgan fingerprint density at radius 3 is 2.71 bits per heavy atom. The third-order valence-electron chi connectivity index (χ3n) is 3.80. The SMILES string of the molecule is CSC1CNCC1N1CCCC1(C)C. The Hall–Kier alpha value is 0.270. The van der Waals surface area contributed by atoms with Crippen LogP contribution in [0.2, 0.25) is 0 Å². The molecule has 2 heterocycles. The summed E-state index contributed by atoms with van der Waals surface area (Å²) in [6, 6.07) is 0.766. The number of likely N-dealkylation sites (tertiary alicyclic amines) is 1. The summed E-state index contributed by atoms with van der Waals surface area (Å²) in [5.41, 5.74) is 0.435. The Morgan fingerprint density at radius 1 is 1.36 bits per heavy atom. The Bertz CT molecular complexity index is 205. The lowest BCUT2D eigenvalue weighted by Gasteiger charge is -2.38. The second-order valence-electron chi connectivity index (χ2n) is 5.11. The predicted octanol–water partition coefficient (Wildman–Crippen LogP) is 1.56. The van der Waals surface area contributed by atoms with Crippen molar-refractivity contribution in [3.05, 3.63) is 0 Å². The number of nitrogens with zero attached hydrogens (tertiary/aromatic N) is 1. The summed E-state index contributed by atoms with van der Waals surface area (Å²) in [5, 5.41) is 4.32. The normalized spacial score (nSPS) is 37.9. The Morgan fingerprint density at radius 2 is 2.14 bits per heavy atom. The van der Waals surface area contributed by atoms with Crippen LogP contribution in [0.15, 0.2) is 0 Å². The van der Waals surface area contributed by atoms with Crippen LogP contribution in [0.3, 0.4) is 0 Å². The first kappa shape index (κ1) is 10.8. The van der Waals surface area contributed by atoms with Gasteiger partial charge in [0.05, 0.1) is 0 Å². The molecule has 1 N–H and O–H groups in total. The maximum Gasteiger partial charge on any atom is 0.0356 e. The summed E-state index contributed by atoms with van der Waals surface area (Å²) in [4.78, 5) is 2.73. The van der Waals surface area contributed by atoms with Crippen molar-refractivity contribution in [3.63, 3.8) is 0 Å². The van der Waals surface area contributed by atoms with Crippen molar-refractivity contribution in [1.82, 2.24) is 10.2 Å². The molecule has 2 aliphatic heterocycles. The lowest BCUT2D eigenvalue weighted by atomic mass is 10.0. The van der Waals surface area contributed by atoms with E-state index in [1.165, 1.54) is 32.5 Å². The highest BCUT2D eigenvalue weighted by atomic mass is 32.2. The van der Waals surface area contributed by atoms with Gasteiger partial charge in [0, 0.05) is 29.9 Å². The minimum Gasteiger partial charge on any atom is -0.314 e. The number of hydrogen-bond acceptors (Lipinski definition) is 3. The zero-order valence-corrected chi connectivity index (χ0v) is 10.4. The first-order valence-corrected chi connectivity index (χ1v) is 6.94. The van der Waals surface area contributed by atoms with Gasteiger partial charge in [-0.05, 0) is 39.5 Å². The minimum atomic E-state index is 0.435. The van der Waals surface area contributed by atoms with Gasteiger partial charge in [0.2, 0.25) is 0 Å². The summed E-state index contributed by atoms with van der Waals surface area (Å²) in [6.45, 7) is 8.48. The van der Waals surface area contributed by atoms with Gasteiger partial charge < -0.3 is 5.32 Å². The molecule has 82 valence electrons. The molecule has 2 saturated heterocycles. The van der Waals surface area contributed by atoms with Crippen molar-refractivity contribution in [2.45, 2.75) is 43.5 Å². The molecule has 2 atom stereocenters. The maximum absolute atomic E-state index is 3.53. The molecule has 2 nitrogen and oxygen atoms in total. The van der Waals surface area contributed by atoms with E-state index in [1.807, 2.05) is 11.8 Å². The van der Waals surface area contributed by atoms with E-state index in [-0.39, 0.29) is 0 Å². The molecule has 0 radical (unpaired) electrons. The van der Waals surface area contributed by atoms with Crippen LogP contribution in [0, 0.1) is 0 Å². The Balaban J connectivity index is 2.06. The van der Waals surface area contributed by atoms with E-state index in [0.29, 0.717) is 5.54 Å². The third-order valence-corrected chi connectivity index (χ3v) is 4.88. The van der Waals surface area contributed by atoms with Gasteiger partial charge in [-0.25, -0.2) is 0 Å². The molecular formula is C11H22N2S. The number of rotatable bonds is 2. The van der Waals surface area contributed by atoms with Crippen LogP contribution < -0.4 is 5.32 Å². The van der Waals surface area contributed by atoms with Gasteiger partial charge in [-0.15, -0.1) is 0 Å². The standard InChI is InChI=1S/C11H22N2S/c1-11(2)5-4-6-13(11)9-7-12-8-10(9)14-3/h9-10,12H,4-8H2,1-3H3. The molecule has 2 unspecified atom stereocenters. The van der Waals surface area contributed by atoms with Crippen molar-refractivity contribution in [3.8, 4) is 0 Å². The van der Waals surface area contributed by atoms with Crippen LogP contribution >= 0.6 is 11.8 Å². The van der Waals surface area contributed by atoms with Crippen LogP contribution in [-0.2, 0) is 0 Å². The van der Waals surface area contributed by atoms with E-state index < -0.39 is 0 Å². The molecule has 2 aliphatic rings. The average Bonchev–Trinajstić information content (AvgIpc) is 2.69. The van der Waals surface area contributed by atoms with E-state index in [9.17, 15) is 0 Å². The number of hydrogen-bond donors (Lipinski definition) is 1. The fourth-order valence-electron chi connectivity index (χ4n) is 2.94. The van der Waals surface area contributed by atoms with Crippen LogP contribution in [0.4, 0.5) is 0 Å². The monoisotopic (exact) mass is 214 g/mol. The Labute approximate surface area is 91.8 Å². The quantitative estimate of drug-likeness (QED) is 0.751. The minimum absolute atomic E-state index is 0.435. The topological polar surface area (TPSA) is 15.3 Å². The Kier molecular flexibility index (Phi) is 3.10. The lowest BCUT2D eigenvalue weighted by Crippen LogP contribution is -2.49. The van der Waals surface area contributed by atoms with Crippen molar-refractivity contribution >= 4 is 11.8 Å². The van der Waals surface area contributed by atoms with Gasteiger partial charge in [-0.2, -0.15) is 11.8 Å². The van der Waals surface area contributed by atoms with E-state index >= 15 is 0 Å². The van der Waals surface area contributed by atoms with Gasteiger partial charge >= 0.3 is 0 Å². The molecule has 0 aromatic rings.